The lowest BCUT2D eigenvalue weighted by Gasteiger charge is -2.35. The van der Waals surface area contributed by atoms with Crippen molar-refractivity contribution < 1.29 is 28.6 Å². The number of piperidine rings is 1. The van der Waals surface area contributed by atoms with Crippen LogP contribution in [0.25, 0.3) is 0 Å². The second-order valence-corrected chi connectivity index (χ2v) is 7.81. The van der Waals surface area contributed by atoms with Crippen LogP contribution in [0.4, 0.5) is 5.69 Å². The SMILES string of the molecule is CCC1CCCCN1C(=O)COC(=O)c1ccc(OCC(=O)Nc2cccc(OC)c2)cc1. The van der Waals surface area contributed by atoms with Crippen LogP contribution in [0.3, 0.4) is 0 Å². The molecule has 1 heterocycles. The van der Waals surface area contributed by atoms with E-state index in [0.29, 0.717) is 29.3 Å². The number of benzene rings is 2. The molecule has 1 saturated heterocycles. The van der Waals surface area contributed by atoms with Crippen LogP contribution < -0.4 is 14.8 Å². The number of ether oxygens (including phenoxy) is 3. The number of carbonyl (C=O) groups is 3. The standard InChI is InChI=1S/C25H30N2O6/c1-3-20-8-4-5-14-27(20)24(29)17-33-25(30)18-10-12-21(13-11-18)32-16-23(28)26-19-7-6-9-22(15-19)31-2/h6-7,9-13,15,20H,3-5,8,14,16-17H2,1-2H3,(H,26,28). The lowest BCUT2D eigenvalue weighted by molar-refractivity contribution is -0.138. The molecule has 2 amide bonds. The molecule has 0 radical (unpaired) electrons. The molecule has 176 valence electrons. The van der Waals surface area contributed by atoms with Gasteiger partial charge in [0, 0.05) is 24.3 Å². The summed E-state index contributed by atoms with van der Waals surface area (Å²) >= 11 is 0. The minimum atomic E-state index is -0.573. The highest BCUT2D eigenvalue weighted by Gasteiger charge is 2.26. The van der Waals surface area contributed by atoms with E-state index in [1.807, 2.05) is 4.90 Å². The van der Waals surface area contributed by atoms with E-state index in [9.17, 15) is 14.4 Å². The zero-order chi connectivity index (χ0) is 23.6. The van der Waals surface area contributed by atoms with Gasteiger partial charge in [0.1, 0.15) is 11.5 Å². The molecule has 1 fully saturated rings. The number of anilines is 1. The molecule has 8 nitrogen and oxygen atoms in total. The van der Waals surface area contributed by atoms with Crippen molar-refractivity contribution in [3.8, 4) is 11.5 Å². The van der Waals surface area contributed by atoms with Crippen molar-refractivity contribution in [1.82, 2.24) is 4.90 Å². The Morgan fingerprint density at radius 2 is 1.82 bits per heavy atom. The van der Waals surface area contributed by atoms with Gasteiger partial charge in [-0.1, -0.05) is 13.0 Å². The molecule has 0 saturated carbocycles. The van der Waals surface area contributed by atoms with Crippen molar-refractivity contribution in [3.05, 3.63) is 54.1 Å². The van der Waals surface area contributed by atoms with E-state index in [1.54, 1.807) is 43.5 Å². The average Bonchev–Trinajstić information content (AvgIpc) is 2.86. The van der Waals surface area contributed by atoms with Crippen LogP contribution in [0.1, 0.15) is 43.0 Å². The number of carbonyl (C=O) groups excluding carboxylic acids is 3. The first-order valence-electron chi connectivity index (χ1n) is 11.1. The van der Waals surface area contributed by atoms with Crippen molar-refractivity contribution in [2.45, 2.75) is 38.6 Å². The van der Waals surface area contributed by atoms with E-state index >= 15 is 0 Å². The molecule has 1 aliphatic rings. The lowest BCUT2D eigenvalue weighted by atomic mass is 10.00. The largest absolute Gasteiger partial charge is 0.497 e. The quantitative estimate of drug-likeness (QED) is 0.581. The smallest absolute Gasteiger partial charge is 0.338 e. The topological polar surface area (TPSA) is 94.2 Å². The van der Waals surface area contributed by atoms with E-state index in [0.717, 1.165) is 25.7 Å². The minimum absolute atomic E-state index is 0.156. The van der Waals surface area contributed by atoms with Crippen LogP contribution in [-0.4, -0.2) is 55.6 Å². The lowest BCUT2D eigenvalue weighted by Crippen LogP contribution is -2.45. The van der Waals surface area contributed by atoms with Crippen molar-refractivity contribution >= 4 is 23.5 Å². The summed E-state index contributed by atoms with van der Waals surface area (Å²) in [5, 5.41) is 2.72. The molecule has 2 aromatic carbocycles. The fourth-order valence-corrected chi connectivity index (χ4v) is 3.78. The van der Waals surface area contributed by atoms with Crippen LogP contribution in [0.2, 0.25) is 0 Å². The molecule has 33 heavy (non-hydrogen) atoms. The Balaban J connectivity index is 1.44. The molecule has 1 atom stereocenters. The fourth-order valence-electron chi connectivity index (χ4n) is 3.78. The Bertz CT molecular complexity index is 960. The Labute approximate surface area is 193 Å². The molecular weight excluding hydrogens is 424 g/mol. The number of esters is 1. The molecular formula is C25H30N2O6. The van der Waals surface area contributed by atoms with E-state index < -0.39 is 5.97 Å². The number of nitrogens with one attached hydrogen (secondary N) is 1. The van der Waals surface area contributed by atoms with Crippen LogP contribution in [-0.2, 0) is 14.3 Å². The summed E-state index contributed by atoms with van der Waals surface area (Å²) in [6, 6.07) is 13.5. The van der Waals surface area contributed by atoms with Crippen LogP contribution in [0.5, 0.6) is 11.5 Å². The van der Waals surface area contributed by atoms with E-state index in [-0.39, 0.29) is 31.1 Å². The number of hydrogen-bond donors (Lipinski definition) is 1. The molecule has 0 aliphatic carbocycles. The molecule has 1 aliphatic heterocycles. The first kappa shape index (κ1) is 24.1. The van der Waals surface area contributed by atoms with Gasteiger partial charge < -0.3 is 24.4 Å². The molecule has 1 N–H and O–H groups in total. The highest BCUT2D eigenvalue weighted by molar-refractivity contribution is 5.92. The van der Waals surface area contributed by atoms with Gasteiger partial charge in [0.25, 0.3) is 11.8 Å². The number of hydrogen-bond acceptors (Lipinski definition) is 6. The number of nitrogens with zero attached hydrogens (tertiary/aromatic N) is 1. The second-order valence-electron chi connectivity index (χ2n) is 7.81. The fraction of sp³-hybridized carbons (Fsp3) is 0.400. The van der Waals surface area contributed by atoms with Gasteiger partial charge in [0.2, 0.25) is 0 Å². The summed E-state index contributed by atoms with van der Waals surface area (Å²) in [5.41, 5.74) is 0.909. The molecule has 0 bridgehead atoms. The van der Waals surface area contributed by atoms with Crippen molar-refractivity contribution in [2.24, 2.45) is 0 Å². The van der Waals surface area contributed by atoms with Gasteiger partial charge in [-0.3, -0.25) is 9.59 Å². The summed E-state index contributed by atoms with van der Waals surface area (Å²) in [7, 11) is 1.55. The van der Waals surface area contributed by atoms with E-state index in [4.69, 9.17) is 14.2 Å². The maximum Gasteiger partial charge on any atom is 0.338 e. The normalized spacial score (nSPS) is 15.5. The summed E-state index contributed by atoms with van der Waals surface area (Å²) in [6.45, 7) is 2.32. The molecule has 3 rings (SSSR count). The van der Waals surface area contributed by atoms with Crippen LogP contribution >= 0.6 is 0 Å². The first-order chi connectivity index (χ1) is 16.0. The monoisotopic (exact) mass is 454 g/mol. The summed E-state index contributed by atoms with van der Waals surface area (Å²) < 4.78 is 15.8. The first-order valence-corrected chi connectivity index (χ1v) is 11.1. The molecule has 2 aromatic rings. The number of amides is 2. The van der Waals surface area contributed by atoms with Crippen LogP contribution in [0.15, 0.2) is 48.5 Å². The van der Waals surface area contributed by atoms with Crippen LogP contribution in [0, 0.1) is 0 Å². The van der Waals surface area contributed by atoms with Gasteiger partial charge in [0.15, 0.2) is 13.2 Å². The summed E-state index contributed by atoms with van der Waals surface area (Å²) in [5.74, 6) is 0.0162. The van der Waals surface area contributed by atoms with Crippen molar-refractivity contribution in [3.63, 3.8) is 0 Å². The van der Waals surface area contributed by atoms with E-state index in [2.05, 4.69) is 12.2 Å². The van der Waals surface area contributed by atoms with Crippen molar-refractivity contribution in [1.29, 1.82) is 0 Å². The van der Waals surface area contributed by atoms with Gasteiger partial charge in [0.05, 0.1) is 12.7 Å². The highest BCUT2D eigenvalue weighted by atomic mass is 16.5. The third kappa shape index (κ3) is 6.97. The van der Waals surface area contributed by atoms with Gasteiger partial charge >= 0.3 is 5.97 Å². The molecule has 0 spiro atoms. The third-order valence-electron chi connectivity index (χ3n) is 5.56. The average molecular weight is 455 g/mol. The zero-order valence-corrected chi connectivity index (χ0v) is 19.0. The van der Waals surface area contributed by atoms with Gasteiger partial charge in [-0.15, -0.1) is 0 Å². The Morgan fingerprint density at radius 1 is 1.03 bits per heavy atom. The molecule has 1 unspecified atom stereocenters. The number of likely N-dealkylation sites (tertiary alicyclic amines) is 1. The van der Waals surface area contributed by atoms with E-state index in [1.165, 1.54) is 12.1 Å². The zero-order valence-electron chi connectivity index (χ0n) is 19.0. The summed E-state index contributed by atoms with van der Waals surface area (Å²) in [6.07, 6.45) is 4.00. The number of methoxy groups -OCH3 is 1. The third-order valence-corrected chi connectivity index (χ3v) is 5.56. The predicted molar refractivity (Wildman–Crippen MR) is 123 cm³/mol. The second kappa shape index (κ2) is 11.9. The number of rotatable bonds is 9. The molecule has 8 heteroatoms. The highest BCUT2D eigenvalue weighted by Crippen LogP contribution is 2.20. The Morgan fingerprint density at radius 3 is 2.55 bits per heavy atom. The van der Waals surface area contributed by atoms with Crippen molar-refractivity contribution in [2.75, 3.05) is 32.2 Å². The molecule has 0 aromatic heterocycles. The maximum absolute atomic E-state index is 12.5. The van der Waals surface area contributed by atoms with Gasteiger partial charge in [-0.25, -0.2) is 4.79 Å². The Kier molecular flexibility index (Phi) is 8.69. The minimum Gasteiger partial charge on any atom is -0.497 e. The van der Waals surface area contributed by atoms with Gasteiger partial charge in [-0.05, 0) is 62.1 Å². The Hall–Kier alpha value is -3.55. The predicted octanol–water partition coefficient (Wildman–Crippen LogP) is 3.66. The maximum atomic E-state index is 12.5. The van der Waals surface area contributed by atoms with Gasteiger partial charge in [-0.2, -0.15) is 0 Å². The summed E-state index contributed by atoms with van der Waals surface area (Å²) in [4.78, 5) is 38.7.